The summed E-state index contributed by atoms with van der Waals surface area (Å²) in [5.74, 6) is 0. The normalized spacial score (nSPS) is 12.5. The first-order valence-corrected chi connectivity index (χ1v) is 15.7. The van der Waals surface area contributed by atoms with Crippen LogP contribution >= 0.6 is 0 Å². The van der Waals surface area contributed by atoms with E-state index < -0.39 is 0 Å². The molecule has 3 aromatic heterocycles. The summed E-state index contributed by atoms with van der Waals surface area (Å²) < 4.78 is 2.57. The van der Waals surface area contributed by atoms with E-state index in [1.165, 1.54) is 61.0 Å². The van der Waals surface area contributed by atoms with Crippen LogP contribution in [0.15, 0.2) is 12.1 Å². The number of hydrogen-bond donors (Lipinski definition) is 1. The Morgan fingerprint density at radius 3 is 1.68 bits per heavy atom. The number of hydrogen-bond acceptors (Lipinski definition) is 2. The van der Waals surface area contributed by atoms with E-state index in [2.05, 4.69) is 95.3 Å². The Balaban J connectivity index is 0.00000387. The number of nitrogens with one attached hydrogen (secondary N) is 1. The summed E-state index contributed by atoms with van der Waals surface area (Å²) in [5.41, 5.74) is 19.4. The summed E-state index contributed by atoms with van der Waals surface area (Å²) in [4.78, 5) is 14.3. The summed E-state index contributed by atoms with van der Waals surface area (Å²) in [7, 11) is 0. The van der Waals surface area contributed by atoms with Crippen molar-refractivity contribution in [3.05, 3.63) is 68.3 Å². The van der Waals surface area contributed by atoms with E-state index in [1.807, 2.05) is 0 Å². The van der Waals surface area contributed by atoms with E-state index in [9.17, 15) is 0 Å². The van der Waals surface area contributed by atoms with Crippen molar-refractivity contribution in [2.75, 3.05) is 0 Å². The summed E-state index contributed by atoms with van der Waals surface area (Å²) >= 11 is 0. The molecule has 1 N–H and O–H groups in total. The first-order chi connectivity index (χ1) is 19.5. The SMILES string of the molecule is CCC1=Cc2cc3nc(cc4c(CC)c(CC)c(c(CC)c5[nH]c(c(CC)c1n2)c(CC)c5CC)n4CC)C=C3.[Au]. The van der Waals surface area contributed by atoms with E-state index >= 15 is 0 Å². The minimum Gasteiger partial charge on any atom is -0.354 e. The fraction of sp³-hybridized carbons (Fsp3) is 0.444. The third kappa shape index (κ3) is 5.24. The van der Waals surface area contributed by atoms with Crippen LogP contribution in [0.25, 0.3) is 45.9 Å². The van der Waals surface area contributed by atoms with Gasteiger partial charge in [-0.15, -0.1) is 0 Å². The second-order valence-electron chi connectivity index (χ2n) is 10.8. The van der Waals surface area contributed by atoms with Crippen LogP contribution in [0.2, 0.25) is 0 Å². The molecule has 0 spiro atoms. The van der Waals surface area contributed by atoms with Gasteiger partial charge >= 0.3 is 0 Å². The quantitative estimate of drug-likeness (QED) is 0.184. The largest absolute Gasteiger partial charge is 0.354 e. The van der Waals surface area contributed by atoms with E-state index in [-0.39, 0.29) is 22.4 Å². The molecule has 0 aromatic carbocycles. The summed E-state index contributed by atoms with van der Waals surface area (Å²) in [6.45, 7) is 19.3. The third-order valence-corrected chi connectivity index (χ3v) is 8.86. The number of fused-ring (bicyclic) bond motifs is 8. The van der Waals surface area contributed by atoms with Gasteiger partial charge in [-0.3, -0.25) is 0 Å². The van der Waals surface area contributed by atoms with E-state index in [0.29, 0.717) is 0 Å². The molecule has 5 heteroatoms. The predicted octanol–water partition coefficient (Wildman–Crippen LogP) is 9.30. The zero-order valence-corrected chi connectivity index (χ0v) is 28.4. The van der Waals surface area contributed by atoms with E-state index in [4.69, 9.17) is 9.97 Å². The molecule has 5 rings (SSSR count). The van der Waals surface area contributed by atoms with E-state index in [1.54, 1.807) is 0 Å². The predicted molar refractivity (Wildman–Crippen MR) is 174 cm³/mol. The maximum atomic E-state index is 5.22. The minimum absolute atomic E-state index is 0. The second kappa shape index (κ2) is 13.1. The van der Waals surface area contributed by atoms with Crippen LogP contribution in [0.4, 0.5) is 0 Å². The summed E-state index contributed by atoms with van der Waals surface area (Å²) in [6.07, 6.45) is 13.5. The van der Waals surface area contributed by atoms with Gasteiger partial charge in [-0.25, -0.2) is 9.97 Å². The number of aromatic nitrogens is 4. The Morgan fingerprint density at radius 2 is 1.15 bits per heavy atom. The van der Waals surface area contributed by atoms with Crippen molar-refractivity contribution in [3.63, 3.8) is 0 Å². The Labute approximate surface area is 261 Å². The van der Waals surface area contributed by atoms with Crippen molar-refractivity contribution in [2.45, 2.75) is 107 Å². The molecule has 0 fully saturated rings. The monoisotopic (exact) mass is 731 g/mol. The number of H-pyrrole nitrogens is 1. The molecule has 5 heterocycles. The van der Waals surface area contributed by atoms with Gasteiger partial charge in [0.1, 0.15) is 0 Å². The van der Waals surface area contributed by atoms with Crippen molar-refractivity contribution in [2.24, 2.45) is 0 Å². The molecule has 0 saturated heterocycles. The molecule has 4 nitrogen and oxygen atoms in total. The van der Waals surface area contributed by atoms with Gasteiger partial charge in [-0.2, -0.15) is 0 Å². The molecule has 3 aromatic rings. The van der Waals surface area contributed by atoms with Crippen LogP contribution in [0.1, 0.15) is 118 Å². The zero-order chi connectivity index (χ0) is 28.6. The van der Waals surface area contributed by atoms with Gasteiger partial charge in [-0.05, 0) is 116 Å². The molecule has 0 aliphatic carbocycles. The molecule has 221 valence electrons. The average Bonchev–Trinajstić information content (AvgIpc) is 3.73. The fourth-order valence-corrected chi connectivity index (χ4v) is 7.09. The molecule has 0 unspecified atom stereocenters. The Bertz CT molecular complexity index is 1680. The third-order valence-electron chi connectivity index (χ3n) is 8.86. The molecule has 2 aliphatic heterocycles. The Hall–Kier alpha value is -2.66. The zero-order valence-electron chi connectivity index (χ0n) is 26.2. The molecule has 0 amide bonds. The van der Waals surface area contributed by atoms with Gasteiger partial charge in [0.15, 0.2) is 0 Å². The molecule has 0 saturated carbocycles. The first kappa shape index (κ1) is 31.3. The molecule has 2 aliphatic rings. The van der Waals surface area contributed by atoms with Gasteiger partial charge in [0, 0.05) is 56.6 Å². The second-order valence-corrected chi connectivity index (χ2v) is 10.8. The van der Waals surface area contributed by atoms with Crippen molar-refractivity contribution >= 4 is 45.9 Å². The number of aromatic amines is 1. The van der Waals surface area contributed by atoms with Gasteiger partial charge in [-0.1, -0.05) is 48.5 Å². The Morgan fingerprint density at radius 1 is 0.585 bits per heavy atom. The molecular weight excluding hydrogens is 685 g/mol. The van der Waals surface area contributed by atoms with Crippen LogP contribution in [-0.2, 0) is 67.4 Å². The first-order valence-electron chi connectivity index (χ1n) is 15.7. The number of nitrogens with zero attached hydrogens (tertiary/aromatic N) is 3. The Kier molecular flexibility index (Phi) is 10.00. The molecule has 0 atom stereocenters. The van der Waals surface area contributed by atoms with E-state index in [0.717, 1.165) is 74.3 Å². The molecule has 41 heavy (non-hydrogen) atoms. The molecule has 8 bridgehead atoms. The topological polar surface area (TPSA) is 46.5 Å². The minimum atomic E-state index is 0. The van der Waals surface area contributed by atoms with Crippen LogP contribution in [0.5, 0.6) is 0 Å². The smallest absolute Gasteiger partial charge is 0.0722 e. The standard InChI is InChI=1S/C36H46N4.Au/c1-9-22-19-25-20-23-17-18-24(37-23)21-32-26(10-2)29(13-5)36(40(32)16-8)31(15-7)35-28(12-4)27(11-3)34(39-35)30(14-6)33(22)38-25;/h17-21,39H,9-16H2,1-8H3;. The maximum Gasteiger partial charge on any atom is 0.0722 e. The molecular formula is C36H46AuN4. The van der Waals surface area contributed by atoms with Crippen molar-refractivity contribution < 1.29 is 22.4 Å². The number of aryl methyl sites for hydroxylation is 7. The summed E-state index contributed by atoms with van der Waals surface area (Å²) in [6, 6.07) is 4.45. The maximum absolute atomic E-state index is 5.22. The number of allylic oxidation sites excluding steroid dienone is 1. The summed E-state index contributed by atoms with van der Waals surface area (Å²) in [5, 5.41) is 0. The van der Waals surface area contributed by atoms with Crippen LogP contribution in [0.3, 0.4) is 0 Å². The average molecular weight is 732 g/mol. The van der Waals surface area contributed by atoms with Gasteiger partial charge < -0.3 is 9.55 Å². The van der Waals surface area contributed by atoms with Crippen molar-refractivity contribution in [1.29, 1.82) is 0 Å². The van der Waals surface area contributed by atoms with Crippen molar-refractivity contribution in [1.82, 2.24) is 19.5 Å². The van der Waals surface area contributed by atoms with Gasteiger partial charge in [0.25, 0.3) is 0 Å². The van der Waals surface area contributed by atoms with Crippen LogP contribution in [-0.4, -0.2) is 19.5 Å². The molecule has 1 radical (unpaired) electrons. The fourth-order valence-electron chi connectivity index (χ4n) is 7.09. The van der Waals surface area contributed by atoms with Gasteiger partial charge in [0.2, 0.25) is 0 Å². The van der Waals surface area contributed by atoms with Crippen molar-refractivity contribution in [3.8, 4) is 0 Å². The van der Waals surface area contributed by atoms with Crippen LogP contribution < -0.4 is 0 Å². The van der Waals surface area contributed by atoms with Crippen LogP contribution in [0, 0.1) is 0 Å². The van der Waals surface area contributed by atoms with Gasteiger partial charge in [0.05, 0.1) is 22.8 Å². The number of rotatable bonds is 8.